The Balaban J connectivity index is 2.62. The molecule has 2 nitrogen and oxygen atoms in total. The lowest BCUT2D eigenvalue weighted by atomic mass is 10.2. The summed E-state index contributed by atoms with van der Waals surface area (Å²) in [5.74, 6) is -1.47. The molecule has 1 aromatic heterocycles. The monoisotopic (exact) mass is 272 g/mol. The van der Waals surface area contributed by atoms with Crippen molar-refractivity contribution in [3.05, 3.63) is 40.1 Å². The van der Waals surface area contributed by atoms with Gasteiger partial charge in [-0.25, -0.2) is 13.8 Å². The highest BCUT2D eigenvalue weighted by Crippen LogP contribution is 2.26. The zero-order valence-corrected chi connectivity index (χ0v) is 9.40. The van der Waals surface area contributed by atoms with E-state index in [1.165, 1.54) is 6.07 Å². The average Bonchev–Trinajstić information content (AvgIpc) is 2.58. The van der Waals surface area contributed by atoms with E-state index in [1.807, 2.05) is 0 Å². The van der Waals surface area contributed by atoms with Crippen LogP contribution in [0.3, 0.4) is 0 Å². The van der Waals surface area contributed by atoms with Gasteiger partial charge in [-0.1, -0.05) is 15.9 Å². The second-order valence-corrected chi connectivity index (χ2v) is 4.08. The fourth-order valence-corrected chi connectivity index (χ4v) is 1.71. The Morgan fingerprint density at radius 2 is 2.07 bits per heavy atom. The van der Waals surface area contributed by atoms with Crippen molar-refractivity contribution in [3.8, 4) is 11.4 Å². The molecule has 0 saturated carbocycles. The first-order valence-electron chi connectivity index (χ1n) is 4.24. The molecule has 0 aliphatic heterocycles. The normalized spacial score (nSPS) is 10.7. The van der Waals surface area contributed by atoms with Crippen LogP contribution in [0.15, 0.2) is 22.8 Å². The van der Waals surface area contributed by atoms with Gasteiger partial charge in [-0.3, -0.25) is 0 Å². The van der Waals surface area contributed by atoms with E-state index in [-0.39, 0.29) is 5.56 Å². The van der Waals surface area contributed by atoms with Crippen molar-refractivity contribution in [2.45, 2.75) is 6.92 Å². The summed E-state index contributed by atoms with van der Waals surface area (Å²) in [4.78, 5) is 6.80. The first kappa shape index (κ1) is 10.3. The zero-order chi connectivity index (χ0) is 11.0. The van der Waals surface area contributed by atoms with Crippen molar-refractivity contribution in [3.63, 3.8) is 0 Å². The molecule has 1 heterocycles. The number of hydrogen-bond donors (Lipinski definition) is 1. The zero-order valence-electron chi connectivity index (χ0n) is 7.81. The van der Waals surface area contributed by atoms with Crippen molar-refractivity contribution in [2.24, 2.45) is 0 Å². The van der Waals surface area contributed by atoms with Gasteiger partial charge in [0.1, 0.15) is 5.82 Å². The van der Waals surface area contributed by atoms with Gasteiger partial charge < -0.3 is 4.98 Å². The summed E-state index contributed by atoms with van der Waals surface area (Å²) in [6.07, 6.45) is 1.56. The molecule has 15 heavy (non-hydrogen) atoms. The number of aromatic nitrogens is 2. The fourth-order valence-electron chi connectivity index (χ4n) is 1.28. The molecule has 0 saturated heterocycles. The van der Waals surface area contributed by atoms with E-state index in [9.17, 15) is 8.78 Å². The third-order valence-electron chi connectivity index (χ3n) is 1.95. The standard InChI is InChI=1S/C10H7BrF2N2/c1-5-4-14-10(15-5)7-2-6(11)3-8(12)9(7)13/h2-4H,1H3,(H,14,15). The Hall–Kier alpha value is -1.23. The highest BCUT2D eigenvalue weighted by Gasteiger charge is 2.13. The van der Waals surface area contributed by atoms with Gasteiger partial charge in [0.25, 0.3) is 0 Å². The molecular weight excluding hydrogens is 266 g/mol. The highest BCUT2D eigenvalue weighted by molar-refractivity contribution is 9.10. The van der Waals surface area contributed by atoms with E-state index in [4.69, 9.17) is 0 Å². The van der Waals surface area contributed by atoms with E-state index in [0.29, 0.717) is 10.3 Å². The van der Waals surface area contributed by atoms with Crippen LogP contribution >= 0.6 is 15.9 Å². The molecule has 0 atom stereocenters. The van der Waals surface area contributed by atoms with Gasteiger partial charge in [-0.2, -0.15) is 0 Å². The van der Waals surface area contributed by atoms with Gasteiger partial charge in [0, 0.05) is 16.4 Å². The Kier molecular flexibility index (Phi) is 2.56. The van der Waals surface area contributed by atoms with Crippen LogP contribution in [0, 0.1) is 18.6 Å². The van der Waals surface area contributed by atoms with Crippen molar-refractivity contribution < 1.29 is 8.78 Å². The summed E-state index contributed by atoms with van der Waals surface area (Å²) in [7, 11) is 0. The summed E-state index contributed by atoms with van der Waals surface area (Å²) in [5, 5.41) is 0. The highest BCUT2D eigenvalue weighted by atomic mass is 79.9. The van der Waals surface area contributed by atoms with E-state index in [0.717, 1.165) is 11.8 Å². The summed E-state index contributed by atoms with van der Waals surface area (Å²) in [6, 6.07) is 2.56. The van der Waals surface area contributed by atoms with Gasteiger partial charge in [-0.15, -0.1) is 0 Å². The van der Waals surface area contributed by atoms with Crippen molar-refractivity contribution in [1.29, 1.82) is 0 Å². The van der Waals surface area contributed by atoms with Crippen LogP contribution in [0.2, 0.25) is 0 Å². The number of nitrogens with zero attached hydrogens (tertiary/aromatic N) is 1. The molecule has 0 radical (unpaired) electrons. The number of H-pyrrole nitrogens is 1. The molecule has 2 aromatic rings. The SMILES string of the molecule is Cc1cnc(-c2cc(Br)cc(F)c2F)[nH]1. The van der Waals surface area contributed by atoms with Gasteiger partial charge in [0.05, 0.1) is 5.56 Å². The molecule has 0 bridgehead atoms. The number of nitrogens with one attached hydrogen (secondary N) is 1. The lowest BCUT2D eigenvalue weighted by Crippen LogP contribution is -1.91. The van der Waals surface area contributed by atoms with Gasteiger partial charge in [0.15, 0.2) is 11.6 Å². The maximum Gasteiger partial charge on any atom is 0.169 e. The maximum atomic E-state index is 13.4. The van der Waals surface area contributed by atoms with E-state index in [2.05, 4.69) is 25.9 Å². The fraction of sp³-hybridized carbons (Fsp3) is 0.100. The van der Waals surface area contributed by atoms with Crippen LogP contribution in [-0.2, 0) is 0 Å². The Labute approximate surface area is 93.5 Å². The second-order valence-electron chi connectivity index (χ2n) is 3.16. The minimum atomic E-state index is -0.896. The van der Waals surface area contributed by atoms with Crippen molar-refractivity contribution in [2.75, 3.05) is 0 Å². The van der Waals surface area contributed by atoms with Crippen LogP contribution in [-0.4, -0.2) is 9.97 Å². The summed E-state index contributed by atoms with van der Waals surface area (Å²) in [6.45, 7) is 1.79. The molecule has 0 spiro atoms. The number of rotatable bonds is 1. The molecule has 0 aliphatic carbocycles. The minimum absolute atomic E-state index is 0.120. The summed E-state index contributed by atoms with van der Waals surface area (Å²) >= 11 is 3.10. The molecule has 0 amide bonds. The average molecular weight is 273 g/mol. The number of aromatic amines is 1. The van der Waals surface area contributed by atoms with Gasteiger partial charge in [-0.05, 0) is 19.1 Å². The van der Waals surface area contributed by atoms with Crippen LogP contribution in [0.5, 0.6) is 0 Å². The van der Waals surface area contributed by atoms with E-state index >= 15 is 0 Å². The van der Waals surface area contributed by atoms with Gasteiger partial charge in [0.2, 0.25) is 0 Å². The topological polar surface area (TPSA) is 28.7 Å². The molecule has 0 fully saturated rings. The summed E-state index contributed by atoms with van der Waals surface area (Å²) in [5.41, 5.74) is 0.916. The third kappa shape index (κ3) is 1.92. The minimum Gasteiger partial charge on any atom is -0.342 e. The number of aryl methyl sites for hydroxylation is 1. The molecule has 1 N–H and O–H groups in total. The van der Waals surface area contributed by atoms with Crippen LogP contribution in [0.1, 0.15) is 5.69 Å². The lowest BCUT2D eigenvalue weighted by molar-refractivity contribution is 0.510. The van der Waals surface area contributed by atoms with E-state index in [1.54, 1.807) is 13.1 Å². The Morgan fingerprint density at radius 1 is 1.33 bits per heavy atom. The third-order valence-corrected chi connectivity index (χ3v) is 2.41. The smallest absolute Gasteiger partial charge is 0.169 e. The molecule has 78 valence electrons. The number of benzene rings is 1. The first-order chi connectivity index (χ1) is 7.08. The first-order valence-corrected chi connectivity index (χ1v) is 5.04. The predicted molar refractivity (Wildman–Crippen MR) is 56.4 cm³/mol. The Bertz CT molecular complexity index is 508. The quantitative estimate of drug-likeness (QED) is 0.792. The molecule has 0 unspecified atom stereocenters. The molecule has 1 aromatic carbocycles. The number of hydrogen-bond acceptors (Lipinski definition) is 1. The lowest BCUT2D eigenvalue weighted by Gasteiger charge is -2.01. The second kappa shape index (κ2) is 3.73. The van der Waals surface area contributed by atoms with Crippen molar-refractivity contribution >= 4 is 15.9 Å². The predicted octanol–water partition coefficient (Wildman–Crippen LogP) is 3.43. The van der Waals surface area contributed by atoms with Crippen LogP contribution < -0.4 is 0 Å². The van der Waals surface area contributed by atoms with Gasteiger partial charge >= 0.3 is 0 Å². The Morgan fingerprint density at radius 3 is 2.67 bits per heavy atom. The van der Waals surface area contributed by atoms with E-state index < -0.39 is 11.6 Å². The number of halogens is 3. The summed E-state index contributed by atoms with van der Waals surface area (Å²) < 4.78 is 27.0. The molecular formula is C10H7BrF2N2. The van der Waals surface area contributed by atoms with Crippen LogP contribution in [0.4, 0.5) is 8.78 Å². The van der Waals surface area contributed by atoms with Crippen LogP contribution in [0.25, 0.3) is 11.4 Å². The largest absolute Gasteiger partial charge is 0.342 e. The molecule has 5 heteroatoms. The maximum absolute atomic E-state index is 13.4. The molecule has 0 aliphatic rings. The number of imidazole rings is 1. The van der Waals surface area contributed by atoms with Crippen molar-refractivity contribution in [1.82, 2.24) is 9.97 Å². The molecule has 2 rings (SSSR count).